The quantitative estimate of drug-likeness (QED) is 0.811. The molecule has 0 atom stereocenters. The summed E-state index contributed by atoms with van der Waals surface area (Å²) in [6.07, 6.45) is 4.48. The van der Waals surface area contributed by atoms with Crippen LogP contribution in [0.5, 0.6) is 5.75 Å². The molecule has 4 heteroatoms. The number of aliphatic hydroxyl groups is 1. The van der Waals surface area contributed by atoms with Gasteiger partial charge in [-0.1, -0.05) is 12.7 Å². The van der Waals surface area contributed by atoms with Gasteiger partial charge in [-0.3, -0.25) is 0 Å². The zero-order valence-corrected chi connectivity index (χ0v) is 11.4. The number of carboxylic acid groups (broad SMARTS) is 1. The third kappa shape index (κ3) is 3.39. The summed E-state index contributed by atoms with van der Waals surface area (Å²) in [5.74, 6) is -0.0748. The molecule has 1 fully saturated rings. The zero-order chi connectivity index (χ0) is 14.5. The topological polar surface area (TPSA) is 66.8 Å². The molecule has 2 rings (SSSR count). The van der Waals surface area contributed by atoms with Crippen molar-refractivity contribution in [1.29, 1.82) is 0 Å². The standard InChI is InChI=1S/C16H20O4/c1-2-9-20-13-7-8-14(16(18)19)15(10-13)11-3-5-12(17)6-4-11/h2,7-8,10-12,17H,1,3-6,9H2,(H,18,19). The van der Waals surface area contributed by atoms with E-state index in [1.54, 1.807) is 18.2 Å². The molecule has 0 unspecified atom stereocenters. The van der Waals surface area contributed by atoms with Crippen molar-refractivity contribution in [1.82, 2.24) is 0 Å². The Labute approximate surface area is 118 Å². The first-order valence-corrected chi connectivity index (χ1v) is 6.90. The molecule has 0 heterocycles. The zero-order valence-electron chi connectivity index (χ0n) is 11.4. The summed E-state index contributed by atoms with van der Waals surface area (Å²) in [6.45, 7) is 3.99. The van der Waals surface area contributed by atoms with Gasteiger partial charge in [-0.05, 0) is 55.4 Å². The van der Waals surface area contributed by atoms with Gasteiger partial charge in [-0.25, -0.2) is 4.79 Å². The highest BCUT2D eigenvalue weighted by atomic mass is 16.5. The lowest BCUT2D eigenvalue weighted by Gasteiger charge is -2.27. The molecule has 0 amide bonds. The fraction of sp³-hybridized carbons (Fsp3) is 0.438. The summed E-state index contributed by atoms with van der Waals surface area (Å²) >= 11 is 0. The highest BCUT2D eigenvalue weighted by Crippen LogP contribution is 2.36. The number of carbonyl (C=O) groups is 1. The first-order chi connectivity index (χ1) is 9.61. The van der Waals surface area contributed by atoms with E-state index in [9.17, 15) is 15.0 Å². The van der Waals surface area contributed by atoms with Gasteiger partial charge in [-0.2, -0.15) is 0 Å². The molecule has 108 valence electrons. The van der Waals surface area contributed by atoms with Gasteiger partial charge in [0.25, 0.3) is 0 Å². The first kappa shape index (κ1) is 14.6. The molecule has 0 spiro atoms. The lowest BCUT2D eigenvalue weighted by molar-refractivity contribution is 0.0694. The van der Waals surface area contributed by atoms with Gasteiger partial charge >= 0.3 is 5.97 Å². The molecular weight excluding hydrogens is 256 g/mol. The smallest absolute Gasteiger partial charge is 0.335 e. The summed E-state index contributed by atoms with van der Waals surface area (Å²) in [5, 5.41) is 18.9. The molecule has 0 radical (unpaired) electrons. The number of carboxylic acids is 1. The summed E-state index contributed by atoms with van der Waals surface area (Å²) < 4.78 is 5.48. The van der Waals surface area contributed by atoms with Crippen LogP contribution in [0.15, 0.2) is 30.9 Å². The molecule has 0 saturated heterocycles. The maximum Gasteiger partial charge on any atom is 0.335 e. The second kappa shape index (κ2) is 6.57. The Morgan fingerprint density at radius 2 is 2.05 bits per heavy atom. The molecule has 1 aliphatic carbocycles. The van der Waals surface area contributed by atoms with Crippen LogP contribution in [0.2, 0.25) is 0 Å². The van der Waals surface area contributed by atoms with Gasteiger partial charge in [0.1, 0.15) is 12.4 Å². The summed E-state index contributed by atoms with van der Waals surface area (Å²) in [4.78, 5) is 11.3. The van der Waals surface area contributed by atoms with Gasteiger partial charge in [0, 0.05) is 0 Å². The monoisotopic (exact) mass is 276 g/mol. The van der Waals surface area contributed by atoms with Crippen LogP contribution in [0, 0.1) is 0 Å². The number of hydrogen-bond donors (Lipinski definition) is 2. The summed E-state index contributed by atoms with van der Waals surface area (Å²) in [6, 6.07) is 5.09. The van der Waals surface area contributed by atoms with Crippen LogP contribution in [-0.2, 0) is 0 Å². The Hall–Kier alpha value is -1.81. The molecule has 1 aromatic carbocycles. The molecule has 1 aromatic rings. The van der Waals surface area contributed by atoms with Crippen molar-refractivity contribution in [3.63, 3.8) is 0 Å². The molecule has 0 aliphatic heterocycles. The van der Waals surface area contributed by atoms with E-state index in [1.165, 1.54) is 0 Å². The number of rotatable bonds is 5. The summed E-state index contributed by atoms with van der Waals surface area (Å²) in [5.41, 5.74) is 1.14. The fourth-order valence-corrected chi connectivity index (χ4v) is 2.71. The van der Waals surface area contributed by atoms with Crippen molar-refractivity contribution in [3.05, 3.63) is 42.0 Å². The number of benzene rings is 1. The molecule has 20 heavy (non-hydrogen) atoms. The van der Waals surface area contributed by atoms with Crippen molar-refractivity contribution in [2.75, 3.05) is 6.61 Å². The Bertz CT molecular complexity index is 487. The molecule has 2 N–H and O–H groups in total. The summed E-state index contributed by atoms with van der Waals surface area (Å²) in [7, 11) is 0. The third-order valence-corrected chi connectivity index (χ3v) is 3.76. The van der Waals surface area contributed by atoms with E-state index in [2.05, 4.69) is 6.58 Å². The van der Waals surface area contributed by atoms with Gasteiger partial charge in [-0.15, -0.1) is 0 Å². The second-order valence-electron chi connectivity index (χ2n) is 5.16. The molecule has 4 nitrogen and oxygen atoms in total. The van der Waals surface area contributed by atoms with E-state index < -0.39 is 5.97 Å². The van der Waals surface area contributed by atoms with Crippen LogP contribution in [0.1, 0.15) is 47.5 Å². The van der Waals surface area contributed by atoms with E-state index in [0.717, 1.165) is 31.2 Å². The second-order valence-corrected chi connectivity index (χ2v) is 5.16. The highest BCUT2D eigenvalue weighted by Gasteiger charge is 2.25. The number of aliphatic hydroxyl groups excluding tert-OH is 1. The Balaban J connectivity index is 2.26. The Morgan fingerprint density at radius 1 is 1.35 bits per heavy atom. The van der Waals surface area contributed by atoms with E-state index in [4.69, 9.17) is 4.74 Å². The van der Waals surface area contributed by atoms with Gasteiger partial charge in [0.05, 0.1) is 11.7 Å². The highest BCUT2D eigenvalue weighted by molar-refractivity contribution is 5.89. The van der Waals surface area contributed by atoms with Crippen LogP contribution in [0.25, 0.3) is 0 Å². The molecule has 0 aromatic heterocycles. The van der Waals surface area contributed by atoms with Crippen molar-refractivity contribution < 1.29 is 19.7 Å². The number of hydrogen-bond acceptors (Lipinski definition) is 3. The van der Waals surface area contributed by atoms with Crippen LogP contribution >= 0.6 is 0 Å². The molecule has 1 saturated carbocycles. The largest absolute Gasteiger partial charge is 0.490 e. The van der Waals surface area contributed by atoms with Crippen LogP contribution < -0.4 is 4.74 Å². The lowest BCUT2D eigenvalue weighted by atomic mass is 9.81. The van der Waals surface area contributed by atoms with Crippen molar-refractivity contribution in [2.45, 2.75) is 37.7 Å². The maximum atomic E-state index is 11.3. The first-order valence-electron chi connectivity index (χ1n) is 6.90. The van der Waals surface area contributed by atoms with Crippen LogP contribution in [-0.4, -0.2) is 28.9 Å². The van der Waals surface area contributed by atoms with Crippen LogP contribution in [0.4, 0.5) is 0 Å². The maximum absolute atomic E-state index is 11.3. The minimum Gasteiger partial charge on any atom is -0.490 e. The molecule has 1 aliphatic rings. The normalized spacial score (nSPS) is 22.2. The van der Waals surface area contributed by atoms with Crippen molar-refractivity contribution in [3.8, 4) is 5.75 Å². The van der Waals surface area contributed by atoms with E-state index >= 15 is 0 Å². The van der Waals surface area contributed by atoms with Crippen molar-refractivity contribution >= 4 is 5.97 Å². The lowest BCUT2D eigenvalue weighted by Crippen LogP contribution is -2.18. The van der Waals surface area contributed by atoms with E-state index in [1.807, 2.05) is 6.07 Å². The Morgan fingerprint density at radius 3 is 2.65 bits per heavy atom. The predicted octanol–water partition coefficient (Wildman–Crippen LogP) is 2.97. The van der Waals surface area contributed by atoms with Crippen molar-refractivity contribution in [2.24, 2.45) is 0 Å². The molecule has 0 bridgehead atoms. The third-order valence-electron chi connectivity index (χ3n) is 3.76. The average molecular weight is 276 g/mol. The van der Waals surface area contributed by atoms with Gasteiger partial charge in [0.2, 0.25) is 0 Å². The minimum absolute atomic E-state index is 0.178. The van der Waals surface area contributed by atoms with E-state index in [0.29, 0.717) is 17.9 Å². The van der Waals surface area contributed by atoms with Gasteiger partial charge < -0.3 is 14.9 Å². The minimum atomic E-state index is -0.915. The van der Waals surface area contributed by atoms with E-state index in [-0.39, 0.29) is 12.0 Å². The Kier molecular flexibility index (Phi) is 4.79. The number of aromatic carboxylic acids is 1. The SMILES string of the molecule is C=CCOc1ccc(C(=O)O)c(C2CCC(O)CC2)c1. The van der Waals surface area contributed by atoms with Crippen LogP contribution in [0.3, 0.4) is 0 Å². The predicted molar refractivity (Wildman–Crippen MR) is 76.3 cm³/mol. The molecular formula is C16H20O4. The number of ether oxygens (including phenoxy) is 1. The van der Waals surface area contributed by atoms with Gasteiger partial charge in [0.15, 0.2) is 0 Å². The fourth-order valence-electron chi connectivity index (χ4n) is 2.71. The average Bonchev–Trinajstić information content (AvgIpc) is 2.45.